The Labute approximate surface area is 130 Å². The minimum Gasteiger partial charge on any atom is -0.0651 e. The second-order valence-electron chi connectivity index (χ2n) is 7.90. The summed E-state index contributed by atoms with van der Waals surface area (Å²) < 4.78 is 0. The lowest BCUT2D eigenvalue weighted by Gasteiger charge is -2.27. The van der Waals surface area contributed by atoms with Gasteiger partial charge in [-0.2, -0.15) is 0 Å². The summed E-state index contributed by atoms with van der Waals surface area (Å²) in [5.74, 6) is 4.57. The molecule has 0 saturated heterocycles. The topological polar surface area (TPSA) is 0 Å². The van der Waals surface area contributed by atoms with Gasteiger partial charge in [-0.15, -0.1) is 0 Å². The van der Waals surface area contributed by atoms with E-state index in [1.54, 1.807) is 0 Å². The standard InChI is InChI=1S/C20H42/c1-8-17(5)11-10-12-20(14-13-16(3)4)19(7)15-18(6)9-2/h16-20H,8-15H2,1-7H3. The van der Waals surface area contributed by atoms with Gasteiger partial charge in [0.05, 0.1) is 0 Å². The molecule has 0 heterocycles. The van der Waals surface area contributed by atoms with Crippen molar-refractivity contribution < 1.29 is 0 Å². The molecular formula is C20H42. The van der Waals surface area contributed by atoms with Crippen LogP contribution in [0.2, 0.25) is 0 Å². The highest BCUT2D eigenvalue weighted by Crippen LogP contribution is 2.31. The van der Waals surface area contributed by atoms with E-state index in [1.807, 2.05) is 0 Å². The lowest BCUT2D eigenvalue weighted by Crippen LogP contribution is -2.16. The zero-order valence-corrected chi connectivity index (χ0v) is 15.5. The predicted octanol–water partition coefficient (Wildman–Crippen LogP) is 7.33. The minimum atomic E-state index is 0.864. The fourth-order valence-electron chi connectivity index (χ4n) is 3.19. The first-order chi connectivity index (χ1) is 9.40. The molecule has 0 aliphatic carbocycles. The zero-order chi connectivity index (χ0) is 15.5. The molecule has 0 nitrogen and oxygen atoms in total. The fourth-order valence-corrected chi connectivity index (χ4v) is 3.19. The maximum atomic E-state index is 2.51. The van der Waals surface area contributed by atoms with Crippen LogP contribution in [0.25, 0.3) is 0 Å². The Bertz CT molecular complexity index is 206. The van der Waals surface area contributed by atoms with Crippen molar-refractivity contribution in [1.82, 2.24) is 0 Å². The number of hydrogen-bond acceptors (Lipinski definition) is 0. The van der Waals surface area contributed by atoms with Gasteiger partial charge in [0, 0.05) is 0 Å². The Hall–Kier alpha value is 0. The van der Waals surface area contributed by atoms with Crippen LogP contribution in [0.1, 0.15) is 99.8 Å². The highest BCUT2D eigenvalue weighted by atomic mass is 14.2. The van der Waals surface area contributed by atoms with Crippen LogP contribution in [-0.4, -0.2) is 0 Å². The van der Waals surface area contributed by atoms with E-state index in [2.05, 4.69) is 48.5 Å². The predicted molar refractivity (Wildman–Crippen MR) is 94.1 cm³/mol. The maximum Gasteiger partial charge on any atom is -0.0388 e. The molecule has 0 amide bonds. The van der Waals surface area contributed by atoms with E-state index in [-0.39, 0.29) is 0 Å². The van der Waals surface area contributed by atoms with Crippen molar-refractivity contribution in [3.05, 3.63) is 0 Å². The normalized spacial score (nSPS) is 18.0. The monoisotopic (exact) mass is 282 g/mol. The molecule has 122 valence electrons. The van der Waals surface area contributed by atoms with Crippen molar-refractivity contribution in [2.75, 3.05) is 0 Å². The quantitative estimate of drug-likeness (QED) is 0.351. The van der Waals surface area contributed by atoms with Crippen molar-refractivity contribution in [2.24, 2.45) is 29.6 Å². The third-order valence-corrected chi connectivity index (χ3v) is 5.36. The van der Waals surface area contributed by atoms with Crippen molar-refractivity contribution in [3.63, 3.8) is 0 Å². The number of rotatable bonds is 12. The Morgan fingerprint density at radius 2 is 1.25 bits per heavy atom. The van der Waals surface area contributed by atoms with Crippen LogP contribution in [0, 0.1) is 29.6 Å². The first-order valence-electron chi connectivity index (χ1n) is 9.40. The van der Waals surface area contributed by atoms with E-state index in [0.717, 1.165) is 29.6 Å². The van der Waals surface area contributed by atoms with Gasteiger partial charge in [0.25, 0.3) is 0 Å². The summed E-state index contributed by atoms with van der Waals surface area (Å²) in [5.41, 5.74) is 0. The third kappa shape index (κ3) is 9.83. The van der Waals surface area contributed by atoms with E-state index in [1.165, 1.54) is 51.4 Å². The second-order valence-corrected chi connectivity index (χ2v) is 7.90. The van der Waals surface area contributed by atoms with Crippen molar-refractivity contribution >= 4 is 0 Å². The van der Waals surface area contributed by atoms with Crippen LogP contribution in [0.3, 0.4) is 0 Å². The third-order valence-electron chi connectivity index (χ3n) is 5.36. The molecule has 20 heavy (non-hydrogen) atoms. The summed E-state index contributed by atoms with van der Waals surface area (Å²) in [4.78, 5) is 0. The Morgan fingerprint density at radius 3 is 1.75 bits per heavy atom. The highest BCUT2D eigenvalue weighted by Gasteiger charge is 2.19. The SMILES string of the molecule is CCC(C)CCCC(CCC(C)C)C(C)CC(C)CC. The molecule has 0 aromatic carbocycles. The molecule has 0 saturated carbocycles. The van der Waals surface area contributed by atoms with Crippen LogP contribution in [0.15, 0.2) is 0 Å². The smallest absolute Gasteiger partial charge is 0.0388 e. The largest absolute Gasteiger partial charge is 0.0651 e. The molecule has 0 aliphatic rings. The van der Waals surface area contributed by atoms with Crippen LogP contribution < -0.4 is 0 Å². The molecule has 0 aliphatic heterocycles. The van der Waals surface area contributed by atoms with Crippen molar-refractivity contribution in [2.45, 2.75) is 99.8 Å². The summed E-state index contributed by atoms with van der Waals surface area (Å²) in [7, 11) is 0. The maximum absolute atomic E-state index is 2.51. The van der Waals surface area contributed by atoms with Gasteiger partial charge in [-0.05, 0) is 42.4 Å². The highest BCUT2D eigenvalue weighted by molar-refractivity contribution is 4.70. The molecule has 0 heteroatoms. The van der Waals surface area contributed by atoms with Gasteiger partial charge in [0.15, 0.2) is 0 Å². The van der Waals surface area contributed by atoms with E-state index in [4.69, 9.17) is 0 Å². The first-order valence-corrected chi connectivity index (χ1v) is 9.40. The Balaban J connectivity index is 4.24. The lowest BCUT2D eigenvalue weighted by molar-refractivity contribution is 0.241. The van der Waals surface area contributed by atoms with Crippen molar-refractivity contribution in [3.8, 4) is 0 Å². The van der Waals surface area contributed by atoms with Crippen LogP contribution in [0.5, 0.6) is 0 Å². The fraction of sp³-hybridized carbons (Fsp3) is 1.00. The summed E-state index contributed by atoms with van der Waals surface area (Å²) in [6, 6.07) is 0. The first kappa shape index (κ1) is 20.0. The molecule has 0 aromatic rings. The van der Waals surface area contributed by atoms with Crippen LogP contribution in [0.4, 0.5) is 0 Å². The minimum absolute atomic E-state index is 0.864. The van der Waals surface area contributed by atoms with E-state index in [9.17, 15) is 0 Å². The van der Waals surface area contributed by atoms with Gasteiger partial charge in [0.2, 0.25) is 0 Å². The summed E-state index contributed by atoms with van der Waals surface area (Å²) >= 11 is 0. The molecule has 4 atom stereocenters. The van der Waals surface area contributed by atoms with Gasteiger partial charge in [-0.1, -0.05) is 87.0 Å². The van der Waals surface area contributed by atoms with E-state index in [0.29, 0.717) is 0 Å². The van der Waals surface area contributed by atoms with E-state index >= 15 is 0 Å². The summed E-state index contributed by atoms with van der Waals surface area (Å²) in [5, 5.41) is 0. The van der Waals surface area contributed by atoms with Crippen LogP contribution >= 0.6 is 0 Å². The van der Waals surface area contributed by atoms with Gasteiger partial charge in [-0.3, -0.25) is 0 Å². The summed E-state index contributed by atoms with van der Waals surface area (Å²) in [6.07, 6.45) is 11.3. The molecule has 0 spiro atoms. The van der Waals surface area contributed by atoms with Crippen molar-refractivity contribution in [1.29, 1.82) is 0 Å². The van der Waals surface area contributed by atoms with Gasteiger partial charge in [0.1, 0.15) is 0 Å². The average Bonchev–Trinajstić information content (AvgIpc) is 2.41. The molecule has 0 fully saturated rings. The molecule has 4 unspecified atom stereocenters. The molecule has 0 N–H and O–H groups in total. The van der Waals surface area contributed by atoms with Gasteiger partial charge in [-0.25, -0.2) is 0 Å². The molecular weight excluding hydrogens is 240 g/mol. The summed E-state index contributed by atoms with van der Waals surface area (Å²) in [6.45, 7) is 16.8. The Morgan fingerprint density at radius 1 is 0.650 bits per heavy atom. The van der Waals surface area contributed by atoms with Gasteiger partial charge >= 0.3 is 0 Å². The molecule has 0 aromatic heterocycles. The van der Waals surface area contributed by atoms with E-state index < -0.39 is 0 Å². The van der Waals surface area contributed by atoms with Crippen LogP contribution in [-0.2, 0) is 0 Å². The second kappa shape index (κ2) is 11.6. The zero-order valence-electron chi connectivity index (χ0n) is 15.5. The Kier molecular flexibility index (Phi) is 11.6. The number of hydrogen-bond donors (Lipinski definition) is 0. The average molecular weight is 283 g/mol. The molecule has 0 bridgehead atoms. The lowest BCUT2D eigenvalue weighted by atomic mass is 9.79. The molecule has 0 radical (unpaired) electrons. The molecule has 0 rings (SSSR count). The van der Waals surface area contributed by atoms with Gasteiger partial charge < -0.3 is 0 Å².